The molecule has 1 aromatic heterocycles. The van der Waals surface area contributed by atoms with E-state index < -0.39 is 0 Å². The van der Waals surface area contributed by atoms with Crippen LogP contribution in [0, 0.1) is 12.8 Å². The van der Waals surface area contributed by atoms with Gasteiger partial charge in [0, 0.05) is 6.20 Å². The van der Waals surface area contributed by atoms with Crippen LogP contribution in [0.2, 0.25) is 0 Å². The van der Waals surface area contributed by atoms with Crippen molar-refractivity contribution in [3.8, 4) is 0 Å². The number of hydrogen-bond acceptors (Lipinski definition) is 1. The molecule has 1 aliphatic carbocycles. The molecule has 0 amide bonds. The molecule has 0 N–H and O–H groups in total. The number of aryl methyl sites for hydroxylation is 1. The lowest BCUT2D eigenvalue weighted by Gasteiger charge is -2.13. The number of aromatic nitrogens is 1. The van der Waals surface area contributed by atoms with Gasteiger partial charge in [-0.3, -0.25) is 4.98 Å². The Kier molecular flexibility index (Phi) is 3.93. The Balaban J connectivity index is 1.77. The Morgan fingerprint density at radius 3 is 2.92 bits per heavy atom. The predicted molar refractivity (Wildman–Crippen MR) is 102 cm³/mol. The molecule has 4 rings (SSSR count). The average Bonchev–Trinajstić information content (AvgIpc) is 2.62. The molecule has 2 aromatic carbocycles. The van der Waals surface area contributed by atoms with Gasteiger partial charge < -0.3 is 0 Å². The smallest absolute Gasteiger partial charge is 0.0662 e. The Labute approximate surface area is 143 Å². The van der Waals surface area contributed by atoms with E-state index in [1.54, 1.807) is 0 Å². The van der Waals surface area contributed by atoms with Crippen molar-refractivity contribution in [2.45, 2.75) is 33.1 Å². The molecule has 0 fully saturated rings. The minimum absolute atomic E-state index is 0.653. The first-order valence-corrected chi connectivity index (χ1v) is 8.89. The van der Waals surface area contributed by atoms with Crippen molar-refractivity contribution >= 4 is 22.9 Å². The summed E-state index contributed by atoms with van der Waals surface area (Å²) in [6.45, 7) is 4.44. The molecular formula is C23H23N. The topological polar surface area (TPSA) is 12.9 Å². The van der Waals surface area contributed by atoms with Gasteiger partial charge in [0.2, 0.25) is 0 Å². The van der Waals surface area contributed by atoms with E-state index in [9.17, 15) is 0 Å². The van der Waals surface area contributed by atoms with Gasteiger partial charge in [-0.2, -0.15) is 0 Å². The van der Waals surface area contributed by atoms with Gasteiger partial charge in [-0.05, 0) is 70.9 Å². The minimum atomic E-state index is 0.653. The summed E-state index contributed by atoms with van der Waals surface area (Å²) in [4.78, 5) is 4.57. The summed E-state index contributed by atoms with van der Waals surface area (Å²) >= 11 is 0. The fourth-order valence-corrected chi connectivity index (χ4v) is 3.72. The second kappa shape index (κ2) is 6.24. The largest absolute Gasteiger partial charge is 0.257 e. The predicted octanol–water partition coefficient (Wildman–Crippen LogP) is 4.12. The first-order valence-electron chi connectivity index (χ1n) is 8.89. The zero-order valence-corrected chi connectivity index (χ0v) is 14.4. The number of rotatable bonds is 3. The number of fused-ring (bicyclic) bond motifs is 2. The van der Waals surface area contributed by atoms with E-state index in [-0.39, 0.29) is 0 Å². The molecule has 0 bridgehead atoms. The molecule has 1 heterocycles. The van der Waals surface area contributed by atoms with Crippen LogP contribution in [0.15, 0.2) is 48.7 Å². The van der Waals surface area contributed by atoms with E-state index in [0.29, 0.717) is 5.92 Å². The SMILES string of the molecule is CCC1C=c2c(Cc3ccc4c(C)cccc4c3)ccnc2=CC1. The molecule has 0 spiro atoms. The van der Waals surface area contributed by atoms with Gasteiger partial charge in [-0.1, -0.05) is 55.5 Å². The Hall–Kier alpha value is -2.41. The zero-order chi connectivity index (χ0) is 16.5. The lowest BCUT2D eigenvalue weighted by molar-refractivity contribution is 0.679. The summed E-state index contributed by atoms with van der Waals surface area (Å²) in [5.74, 6) is 0.653. The molecule has 1 aliphatic rings. The first kappa shape index (κ1) is 15.1. The van der Waals surface area contributed by atoms with Crippen molar-refractivity contribution in [1.82, 2.24) is 4.98 Å². The maximum absolute atomic E-state index is 4.57. The van der Waals surface area contributed by atoms with Crippen molar-refractivity contribution < 1.29 is 0 Å². The molecule has 1 unspecified atom stereocenters. The van der Waals surface area contributed by atoms with E-state index in [1.807, 2.05) is 6.20 Å². The number of nitrogens with zero attached hydrogens (tertiary/aromatic N) is 1. The summed E-state index contributed by atoms with van der Waals surface area (Å²) in [5, 5.41) is 5.19. The van der Waals surface area contributed by atoms with E-state index in [2.05, 4.69) is 73.4 Å². The Morgan fingerprint density at radius 2 is 2.04 bits per heavy atom. The summed E-state index contributed by atoms with van der Waals surface area (Å²) in [6.07, 6.45) is 9.97. The van der Waals surface area contributed by atoms with E-state index in [0.717, 1.165) is 18.2 Å². The molecule has 24 heavy (non-hydrogen) atoms. The van der Waals surface area contributed by atoms with Crippen LogP contribution in [-0.4, -0.2) is 4.98 Å². The average molecular weight is 313 g/mol. The van der Waals surface area contributed by atoms with Crippen LogP contribution in [0.3, 0.4) is 0 Å². The van der Waals surface area contributed by atoms with Crippen LogP contribution in [-0.2, 0) is 6.42 Å². The monoisotopic (exact) mass is 313 g/mol. The van der Waals surface area contributed by atoms with Crippen LogP contribution >= 0.6 is 0 Å². The van der Waals surface area contributed by atoms with E-state index >= 15 is 0 Å². The van der Waals surface area contributed by atoms with Crippen molar-refractivity contribution in [3.05, 3.63) is 75.9 Å². The van der Waals surface area contributed by atoms with Crippen LogP contribution in [0.25, 0.3) is 22.9 Å². The van der Waals surface area contributed by atoms with Gasteiger partial charge in [0.15, 0.2) is 0 Å². The van der Waals surface area contributed by atoms with Crippen molar-refractivity contribution in [1.29, 1.82) is 0 Å². The van der Waals surface area contributed by atoms with Crippen LogP contribution in [0.1, 0.15) is 36.5 Å². The third-order valence-corrected chi connectivity index (χ3v) is 5.21. The summed E-state index contributed by atoms with van der Waals surface area (Å²) < 4.78 is 0. The molecule has 3 aromatic rings. The van der Waals surface area contributed by atoms with Gasteiger partial charge >= 0.3 is 0 Å². The highest BCUT2D eigenvalue weighted by Gasteiger charge is 2.09. The molecule has 120 valence electrons. The maximum atomic E-state index is 4.57. The number of pyridine rings is 1. The van der Waals surface area contributed by atoms with Crippen molar-refractivity contribution in [2.75, 3.05) is 0 Å². The van der Waals surface area contributed by atoms with Crippen LogP contribution < -0.4 is 10.6 Å². The molecule has 0 saturated carbocycles. The third kappa shape index (κ3) is 2.75. The molecular weight excluding hydrogens is 290 g/mol. The minimum Gasteiger partial charge on any atom is -0.257 e. The van der Waals surface area contributed by atoms with Gasteiger partial charge in [0.05, 0.1) is 5.35 Å². The standard InChI is InChI=1S/C23H23N/c1-3-17-8-10-23-22(15-17)20(11-12-24-23)14-18-7-9-21-16(2)5-4-6-19(21)13-18/h4-7,9-13,15,17H,3,8,14H2,1-2H3. The van der Waals surface area contributed by atoms with Crippen molar-refractivity contribution in [2.24, 2.45) is 5.92 Å². The first-order chi connectivity index (χ1) is 11.7. The van der Waals surface area contributed by atoms with Gasteiger partial charge in [-0.25, -0.2) is 0 Å². The van der Waals surface area contributed by atoms with E-state index in [1.165, 1.54) is 39.1 Å². The van der Waals surface area contributed by atoms with Gasteiger partial charge in [0.25, 0.3) is 0 Å². The second-order valence-corrected chi connectivity index (χ2v) is 6.85. The summed E-state index contributed by atoms with van der Waals surface area (Å²) in [5.41, 5.74) is 4.10. The number of hydrogen-bond donors (Lipinski definition) is 0. The highest BCUT2D eigenvalue weighted by molar-refractivity contribution is 5.86. The van der Waals surface area contributed by atoms with Crippen LogP contribution in [0.4, 0.5) is 0 Å². The number of benzene rings is 2. The molecule has 0 radical (unpaired) electrons. The molecule has 1 heteroatoms. The highest BCUT2D eigenvalue weighted by atomic mass is 14.6. The van der Waals surface area contributed by atoms with Gasteiger partial charge in [0.1, 0.15) is 0 Å². The fourth-order valence-electron chi connectivity index (χ4n) is 3.72. The zero-order valence-electron chi connectivity index (χ0n) is 14.4. The summed E-state index contributed by atoms with van der Waals surface area (Å²) in [6, 6.07) is 15.6. The lowest BCUT2D eigenvalue weighted by Crippen LogP contribution is -2.35. The maximum Gasteiger partial charge on any atom is 0.0662 e. The van der Waals surface area contributed by atoms with Crippen LogP contribution in [0.5, 0.6) is 0 Å². The second-order valence-electron chi connectivity index (χ2n) is 6.85. The van der Waals surface area contributed by atoms with Crippen molar-refractivity contribution in [3.63, 3.8) is 0 Å². The highest BCUT2D eigenvalue weighted by Crippen LogP contribution is 2.21. The Morgan fingerprint density at radius 1 is 1.12 bits per heavy atom. The molecule has 0 aliphatic heterocycles. The normalized spacial score (nSPS) is 16.3. The summed E-state index contributed by atoms with van der Waals surface area (Å²) in [7, 11) is 0. The molecule has 1 atom stereocenters. The third-order valence-electron chi connectivity index (χ3n) is 5.21. The van der Waals surface area contributed by atoms with E-state index in [4.69, 9.17) is 0 Å². The molecule has 1 nitrogen and oxygen atoms in total. The molecule has 0 saturated heterocycles. The fraction of sp³-hybridized carbons (Fsp3) is 0.261. The lowest BCUT2D eigenvalue weighted by atomic mass is 9.93. The van der Waals surface area contributed by atoms with Gasteiger partial charge in [-0.15, -0.1) is 0 Å². The Bertz CT molecular complexity index is 1010. The quantitative estimate of drug-likeness (QED) is 0.708.